The van der Waals surface area contributed by atoms with Crippen LogP contribution in [0.3, 0.4) is 0 Å². The van der Waals surface area contributed by atoms with Crippen LogP contribution < -0.4 is 15.5 Å². The third-order valence-corrected chi connectivity index (χ3v) is 5.20. The molecule has 0 aliphatic heterocycles. The minimum absolute atomic E-state index is 0.107. The number of nitrogens with zero attached hydrogens (tertiary/aromatic N) is 3. The van der Waals surface area contributed by atoms with Gasteiger partial charge in [0.05, 0.1) is 18.2 Å². The predicted molar refractivity (Wildman–Crippen MR) is 96.2 cm³/mol. The van der Waals surface area contributed by atoms with E-state index in [1.54, 1.807) is 11.3 Å². The van der Waals surface area contributed by atoms with E-state index in [-0.39, 0.29) is 18.9 Å². The average Bonchev–Trinajstić information content (AvgIpc) is 3.01. The van der Waals surface area contributed by atoms with E-state index in [9.17, 15) is 13.2 Å². The number of nitrogens with one attached hydrogen (secondary N) is 2. The van der Waals surface area contributed by atoms with Gasteiger partial charge < -0.3 is 15.5 Å². The first kappa shape index (κ1) is 19.8. The number of alkyl halides is 3. The van der Waals surface area contributed by atoms with Crippen molar-refractivity contribution in [3.63, 3.8) is 0 Å². The molecule has 2 rings (SSSR count). The van der Waals surface area contributed by atoms with Crippen molar-refractivity contribution in [3.8, 4) is 0 Å². The van der Waals surface area contributed by atoms with E-state index < -0.39 is 12.1 Å². The van der Waals surface area contributed by atoms with Gasteiger partial charge in [0, 0.05) is 32.1 Å². The molecule has 0 radical (unpaired) electrons. The molecule has 1 aromatic rings. The van der Waals surface area contributed by atoms with Crippen LogP contribution in [-0.4, -0.2) is 43.8 Å². The number of guanidine groups is 1. The number of halogens is 3. The quantitative estimate of drug-likeness (QED) is 0.610. The van der Waals surface area contributed by atoms with Crippen molar-refractivity contribution in [2.75, 3.05) is 25.5 Å². The molecule has 1 saturated carbocycles. The molecule has 2 atom stereocenters. The van der Waals surface area contributed by atoms with Crippen molar-refractivity contribution in [1.82, 2.24) is 15.6 Å². The van der Waals surface area contributed by atoms with Gasteiger partial charge in [-0.2, -0.15) is 13.2 Å². The summed E-state index contributed by atoms with van der Waals surface area (Å²) in [6.07, 6.45) is -2.46. The number of hydrogen-bond donors (Lipinski definition) is 2. The summed E-state index contributed by atoms with van der Waals surface area (Å²) in [6, 6.07) is -0.203. The summed E-state index contributed by atoms with van der Waals surface area (Å²) in [7, 11) is 3.86. The molecule has 142 valence electrons. The van der Waals surface area contributed by atoms with E-state index in [1.807, 2.05) is 31.3 Å². The predicted octanol–water partition coefficient (Wildman–Crippen LogP) is 3.39. The maximum atomic E-state index is 13.0. The fourth-order valence-electron chi connectivity index (χ4n) is 2.87. The van der Waals surface area contributed by atoms with Gasteiger partial charge in [-0.1, -0.05) is 6.42 Å². The van der Waals surface area contributed by atoms with Gasteiger partial charge >= 0.3 is 6.18 Å². The molecule has 0 spiro atoms. The lowest BCUT2D eigenvalue weighted by atomic mass is 9.85. The Balaban J connectivity index is 1.97. The standard InChI is InChI=1S/C16H26F3N5S/c1-4-20-14(21-9-13-10-25-15(23-13)24(2)3)22-12-7-5-6-11(8-12)16(17,18)19/h10-12H,4-9H2,1-3H3,(H2,20,21,22). The zero-order valence-electron chi connectivity index (χ0n) is 14.9. The van der Waals surface area contributed by atoms with E-state index in [0.717, 1.165) is 17.2 Å². The molecule has 0 saturated heterocycles. The summed E-state index contributed by atoms with van der Waals surface area (Å²) in [5, 5.41) is 9.12. The monoisotopic (exact) mass is 377 g/mol. The average molecular weight is 377 g/mol. The zero-order valence-corrected chi connectivity index (χ0v) is 15.7. The minimum atomic E-state index is -4.11. The fourth-order valence-corrected chi connectivity index (χ4v) is 3.62. The molecule has 2 unspecified atom stereocenters. The van der Waals surface area contributed by atoms with Crippen molar-refractivity contribution in [3.05, 3.63) is 11.1 Å². The van der Waals surface area contributed by atoms with E-state index in [2.05, 4.69) is 20.6 Å². The van der Waals surface area contributed by atoms with Crippen LogP contribution in [0, 0.1) is 5.92 Å². The van der Waals surface area contributed by atoms with Crippen LogP contribution >= 0.6 is 11.3 Å². The number of hydrogen-bond acceptors (Lipinski definition) is 4. The SMILES string of the molecule is CCNC(=NCc1csc(N(C)C)n1)NC1CCCC(C(F)(F)F)C1. The Bertz CT molecular complexity index is 570. The van der Waals surface area contributed by atoms with Gasteiger partial charge in [-0.05, 0) is 26.2 Å². The normalized spacial score (nSPS) is 21.9. The number of anilines is 1. The third-order valence-electron chi connectivity index (χ3n) is 4.14. The molecule has 0 bridgehead atoms. The van der Waals surface area contributed by atoms with Crippen LogP contribution in [0.5, 0.6) is 0 Å². The van der Waals surface area contributed by atoms with Gasteiger partial charge in [-0.15, -0.1) is 11.3 Å². The highest BCUT2D eigenvalue weighted by atomic mass is 32.1. The van der Waals surface area contributed by atoms with Crippen LogP contribution in [-0.2, 0) is 6.54 Å². The van der Waals surface area contributed by atoms with E-state index in [4.69, 9.17) is 0 Å². The highest BCUT2D eigenvalue weighted by Crippen LogP contribution is 2.37. The Hall–Kier alpha value is -1.51. The molecule has 5 nitrogen and oxygen atoms in total. The molecular formula is C16H26F3N5S. The summed E-state index contributed by atoms with van der Waals surface area (Å²) in [5.41, 5.74) is 0.850. The molecule has 1 aromatic heterocycles. The Labute approximate surface area is 150 Å². The van der Waals surface area contributed by atoms with Gasteiger partial charge in [0.2, 0.25) is 0 Å². The molecular weight excluding hydrogens is 351 g/mol. The lowest BCUT2D eigenvalue weighted by Gasteiger charge is -2.31. The second-order valence-corrected chi connectivity index (χ2v) is 7.29. The first-order valence-electron chi connectivity index (χ1n) is 8.53. The highest BCUT2D eigenvalue weighted by Gasteiger charge is 2.42. The number of aliphatic imine (C=N–C) groups is 1. The summed E-state index contributed by atoms with van der Waals surface area (Å²) in [6.45, 7) is 2.99. The van der Waals surface area contributed by atoms with Crippen LogP contribution in [0.1, 0.15) is 38.3 Å². The van der Waals surface area contributed by atoms with E-state index in [1.165, 1.54) is 0 Å². The number of rotatable bonds is 5. The third kappa shape index (κ3) is 6.05. The molecule has 1 aliphatic carbocycles. The Kier molecular flexibility index (Phi) is 6.92. The largest absolute Gasteiger partial charge is 0.391 e. The highest BCUT2D eigenvalue weighted by molar-refractivity contribution is 7.13. The van der Waals surface area contributed by atoms with Crippen LogP contribution in [0.2, 0.25) is 0 Å². The van der Waals surface area contributed by atoms with Gasteiger partial charge in [0.15, 0.2) is 11.1 Å². The van der Waals surface area contributed by atoms with Crippen molar-refractivity contribution in [2.45, 2.75) is 51.4 Å². The van der Waals surface area contributed by atoms with Gasteiger partial charge in [-0.3, -0.25) is 0 Å². The van der Waals surface area contributed by atoms with Gasteiger partial charge in [-0.25, -0.2) is 9.98 Å². The molecule has 1 heterocycles. The summed E-state index contributed by atoms with van der Waals surface area (Å²) < 4.78 is 38.9. The summed E-state index contributed by atoms with van der Waals surface area (Å²) >= 11 is 1.54. The molecule has 1 fully saturated rings. The van der Waals surface area contributed by atoms with Crippen molar-refractivity contribution in [1.29, 1.82) is 0 Å². The number of thiazole rings is 1. The van der Waals surface area contributed by atoms with Gasteiger partial charge in [0.25, 0.3) is 0 Å². The van der Waals surface area contributed by atoms with E-state index >= 15 is 0 Å². The first-order chi connectivity index (χ1) is 11.8. The first-order valence-corrected chi connectivity index (χ1v) is 9.40. The molecule has 0 amide bonds. The van der Waals surface area contributed by atoms with Crippen molar-refractivity contribution < 1.29 is 13.2 Å². The molecule has 1 aliphatic rings. The topological polar surface area (TPSA) is 52.6 Å². The maximum Gasteiger partial charge on any atom is 0.391 e. The number of aromatic nitrogens is 1. The smallest absolute Gasteiger partial charge is 0.357 e. The van der Waals surface area contributed by atoms with Crippen molar-refractivity contribution in [2.24, 2.45) is 10.9 Å². The van der Waals surface area contributed by atoms with Crippen molar-refractivity contribution >= 4 is 22.4 Å². The second kappa shape index (κ2) is 8.73. The lowest BCUT2D eigenvalue weighted by Crippen LogP contribution is -2.46. The van der Waals surface area contributed by atoms with Crippen LogP contribution in [0.4, 0.5) is 18.3 Å². The minimum Gasteiger partial charge on any atom is -0.357 e. The summed E-state index contributed by atoms with van der Waals surface area (Å²) in [4.78, 5) is 10.9. The molecule has 0 aromatic carbocycles. The van der Waals surface area contributed by atoms with Crippen LogP contribution in [0.15, 0.2) is 10.4 Å². The van der Waals surface area contributed by atoms with Crippen LogP contribution in [0.25, 0.3) is 0 Å². The second-order valence-electron chi connectivity index (χ2n) is 6.46. The molecule has 9 heteroatoms. The molecule has 25 heavy (non-hydrogen) atoms. The Morgan fingerprint density at radius 3 is 2.76 bits per heavy atom. The Morgan fingerprint density at radius 1 is 1.40 bits per heavy atom. The Morgan fingerprint density at radius 2 is 2.16 bits per heavy atom. The summed E-state index contributed by atoms with van der Waals surface area (Å²) in [5.74, 6) is -0.669. The zero-order chi connectivity index (χ0) is 18.4. The maximum absolute atomic E-state index is 13.0. The fraction of sp³-hybridized carbons (Fsp3) is 0.750. The van der Waals surface area contributed by atoms with Gasteiger partial charge in [0.1, 0.15) is 0 Å². The lowest BCUT2D eigenvalue weighted by molar-refractivity contribution is -0.183. The van der Waals surface area contributed by atoms with E-state index in [0.29, 0.717) is 25.5 Å². The molecule has 2 N–H and O–H groups in total.